The van der Waals surface area contributed by atoms with Crippen molar-refractivity contribution in [1.82, 2.24) is 5.32 Å². The molecule has 0 saturated carbocycles. The van der Waals surface area contributed by atoms with Crippen LogP contribution >= 0.6 is 0 Å². The third-order valence-electron chi connectivity index (χ3n) is 2.88. The largest absolute Gasteiger partial charge is 0.497 e. The molecule has 0 heterocycles. The van der Waals surface area contributed by atoms with E-state index in [1.54, 1.807) is 7.11 Å². The highest BCUT2D eigenvalue weighted by Crippen LogP contribution is 2.33. The summed E-state index contributed by atoms with van der Waals surface area (Å²) in [5.74, 6) is 3.53. The lowest BCUT2D eigenvalue weighted by Gasteiger charge is -2.12. The van der Waals surface area contributed by atoms with Crippen molar-refractivity contribution in [3.63, 3.8) is 0 Å². The summed E-state index contributed by atoms with van der Waals surface area (Å²) in [6, 6.07) is 6.66. The monoisotopic (exact) mass is 201 g/mol. The number of methoxy groups -OCH3 is 1. The quantitative estimate of drug-likeness (QED) is 0.754. The molecule has 2 nitrogen and oxygen atoms in total. The second-order valence-corrected chi connectivity index (χ2v) is 3.74. The Morgan fingerprint density at radius 2 is 2.47 bits per heavy atom. The number of benzene rings is 1. The molecular weight excluding hydrogens is 186 g/mol. The topological polar surface area (TPSA) is 21.3 Å². The lowest BCUT2D eigenvalue weighted by atomic mass is 10.1. The molecule has 2 rings (SSSR count). The molecule has 0 amide bonds. The fourth-order valence-electron chi connectivity index (χ4n) is 2.10. The van der Waals surface area contributed by atoms with Crippen molar-refractivity contribution in [1.29, 1.82) is 0 Å². The van der Waals surface area contributed by atoms with E-state index < -0.39 is 0 Å². The van der Waals surface area contributed by atoms with Crippen LogP contribution in [-0.4, -0.2) is 13.7 Å². The van der Waals surface area contributed by atoms with Gasteiger partial charge in [-0.1, -0.05) is 12.0 Å². The normalized spacial score (nSPS) is 18.3. The van der Waals surface area contributed by atoms with Gasteiger partial charge in [0.25, 0.3) is 0 Å². The molecular formula is C13H15NO. The maximum atomic E-state index is 5.25. The summed E-state index contributed by atoms with van der Waals surface area (Å²) in [6.45, 7) is 0.626. The number of fused-ring (bicyclic) bond motifs is 1. The molecule has 0 radical (unpaired) electrons. The molecule has 1 aromatic carbocycles. The van der Waals surface area contributed by atoms with Crippen LogP contribution in [0.3, 0.4) is 0 Å². The van der Waals surface area contributed by atoms with Gasteiger partial charge >= 0.3 is 0 Å². The molecule has 78 valence electrons. The molecule has 0 aliphatic heterocycles. The van der Waals surface area contributed by atoms with E-state index in [2.05, 4.69) is 23.4 Å². The highest BCUT2D eigenvalue weighted by molar-refractivity contribution is 5.40. The lowest BCUT2D eigenvalue weighted by molar-refractivity contribution is 0.413. The first-order valence-corrected chi connectivity index (χ1v) is 5.19. The van der Waals surface area contributed by atoms with Crippen LogP contribution < -0.4 is 10.1 Å². The summed E-state index contributed by atoms with van der Waals surface area (Å²) in [5.41, 5.74) is 2.75. The first kappa shape index (κ1) is 10.1. The van der Waals surface area contributed by atoms with Gasteiger partial charge in [-0.3, -0.25) is 5.32 Å². The van der Waals surface area contributed by atoms with Crippen molar-refractivity contribution in [3.05, 3.63) is 29.3 Å². The molecule has 1 aliphatic rings. The van der Waals surface area contributed by atoms with Crippen molar-refractivity contribution in [2.75, 3.05) is 13.7 Å². The Kier molecular flexibility index (Phi) is 2.94. The van der Waals surface area contributed by atoms with Gasteiger partial charge in [0.1, 0.15) is 5.75 Å². The first-order valence-electron chi connectivity index (χ1n) is 5.19. The smallest absolute Gasteiger partial charge is 0.119 e. The Morgan fingerprint density at radius 1 is 1.60 bits per heavy atom. The van der Waals surface area contributed by atoms with Gasteiger partial charge in [-0.15, -0.1) is 6.42 Å². The van der Waals surface area contributed by atoms with Crippen LogP contribution in [0.5, 0.6) is 5.75 Å². The van der Waals surface area contributed by atoms with Gasteiger partial charge in [-0.25, -0.2) is 0 Å². The Bertz CT molecular complexity index is 392. The molecule has 1 atom stereocenters. The molecule has 0 saturated heterocycles. The molecule has 1 aromatic rings. The number of hydrogen-bond donors (Lipinski definition) is 1. The van der Waals surface area contributed by atoms with Crippen LogP contribution in [0.25, 0.3) is 0 Å². The van der Waals surface area contributed by atoms with Crippen molar-refractivity contribution in [3.8, 4) is 18.1 Å². The molecule has 15 heavy (non-hydrogen) atoms. The van der Waals surface area contributed by atoms with Crippen molar-refractivity contribution in [2.45, 2.75) is 18.9 Å². The van der Waals surface area contributed by atoms with Gasteiger partial charge in [0.2, 0.25) is 0 Å². The van der Waals surface area contributed by atoms with Crippen molar-refractivity contribution in [2.24, 2.45) is 0 Å². The van der Waals surface area contributed by atoms with Gasteiger partial charge in [-0.2, -0.15) is 0 Å². The molecule has 1 aliphatic carbocycles. The average Bonchev–Trinajstić information content (AvgIpc) is 2.68. The fraction of sp³-hybridized carbons (Fsp3) is 0.385. The van der Waals surface area contributed by atoms with E-state index >= 15 is 0 Å². The molecule has 0 bridgehead atoms. The molecule has 0 fully saturated rings. The van der Waals surface area contributed by atoms with Crippen molar-refractivity contribution < 1.29 is 4.74 Å². The molecule has 0 spiro atoms. The molecule has 1 unspecified atom stereocenters. The molecule has 1 N–H and O–H groups in total. The summed E-state index contributed by atoms with van der Waals surface area (Å²) in [4.78, 5) is 0. The van der Waals surface area contributed by atoms with Gasteiger partial charge in [0, 0.05) is 6.04 Å². The Hall–Kier alpha value is -1.46. The highest BCUT2D eigenvalue weighted by Gasteiger charge is 2.21. The predicted octanol–water partition coefficient (Wildman–Crippen LogP) is 1.91. The third kappa shape index (κ3) is 1.98. The minimum atomic E-state index is 0.395. The standard InChI is InChI=1S/C13H15NO/c1-3-8-14-13-7-5-10-4-6-11(15-2)9-12(10)13/h1,4,6,9,13-14H,5,7-8H2,2H3. The maximum Gasteiger partial charge on any atom is 0.119 e. The van der Waals surface area contributed by atoms with E-state index in [0.717, 1.165) is 18.6 Å². The SMILES string of the molecule is C#CCNC1CCc2ccc(OC)cc21. The first-order chi connectivity index (χ1) is 7.35. The predicted molar refractivity (Wildman–Crippen MR) is 60.9 cm³/mol. The summed E-state index contributed by atoms with van der Waals surface area (Å²) in [5, 5.41) is 3.35. The Labute approximate surface area is 90.6 Å². The average molecular weight is 201 g/mol. The molecule has 0 aromatic heterocycles. The zero-order valence-electron chi connectivity index (χ0n) is 8.92. The lowest BCUT2D eigenvalue weighted by Crippen LogP contribution is -2.19. The Morgan fingerprint density at radius 3 is 3.20 bits per heavy atom. The van der Waals surface area contributed by atoms with Gasteiger partial charge < -0.3 is 4.74 Å². The van der Waals surface area contributed by atoms with Gasteiger partial charge in [0.05, 0.1) is 13.7 Å². The van der Waals surface area contributed by atoms with E-state index in [1.807, 2.05) is 6.07 Å². The number of nitrogens with one attached hydrogen (secondary N) is 1. The van der Waals surface area contributed by atoms with Crippen LogP contribution in [0.2, 0.25) is 0 Å². The second kappa shape index (κ2) is 4.37. The number of ether oxygens (including phenoxy) is 1. The summed E-state index contributed by atoms with van der Waals surface area (Å²) in [7, 11) is 1.69. The summed E-state index contributed by atoms with van der Waals surface area (Å²) >= 11 is 0. The van der Waals surface area contributed by atoms with Crippen LogP contribution in [0.15, 0.2) is 18.2 Å². The van der Waals surface area contributed by atoms with E-state index in [0.29, 0.717) is 12.6 Å². The summed E-state index contributed by atoms with van der Waals surface area (Å²) in [6.07, 6.45) is 7.50. The number of hydrogen-bond acceptors (Lipinski definition) is 2. The van der Waals surface area contributed by atoms with E-state index in [-0.39, 0.29) is 0 Å². The molecule has 2 heteroatoms. The van der Waals surface area contributed by atoms with Crippen LogP contribution in [-0.2, 0) is 6.42 Å². The zero-order valence-corrected chi connectivity index (χ0v) is 8.92. The fourth-order valence-corrected chi connectivity index (χ4v) is 2.10. The zero-order chi connectivity index (χ0) is 10.7. The minimum absolute atomic E-state index is 0.395. The van der Waals surface area contributed by atoms with Gasteiger partial charge in [-0.05, 0) is 36.1 Å². The Balaban J connectivity index is 2.20. The highest BCUT2D eigenvalue weighted by atomic mass is 16.5. The maximum absolute atomic E-state index is 5.25. The number of rotatable bonds is 3. The van der Waals surface area contributed by atoms with Crippen LogP contribution in [0, 0.1) is 12.3 Å². The third-order valence-corrected chi connectivity index (χ3v) is 2.88. The van der Waals surface area contributed by atoms with Crippen LogP contribution in [0.1, 0.15) is 23.6 Å². The van der Waals surface area contributed by atoms with E-state index in [4.69, 9.17) is 11.2 Å². The van der Waals surface area contributed by atoms with Crippen molar-refractivity contribution >= 4 is 0 Å². The van der Waals surface area contributed by atoms with E-state index in [9.17, 15) is 0 Å². The number of terminal acetylenes is 1. The number of aryl methyl sites for hydroxylation is 1. The second-order valence-electron chi connectivity index (χ2n) is 3.74. The van der Waals surface area contributed by atoms with Crippen LogP contribution in [0.4, 0.5) is 0 Å². The van der Waals surface area contributed by atoms with Gasteiger partial charge in [0.15, 0.2) is 0 Å². The summed E-state index contributed by atoms with van der Waals surface area (Å²) < 4.78 is 5.22. The van der Waals surface area contributed by atoms with E-state index in [1.165, 1.54) is 11.1 Å². The minimum Gasteiger partial charge on any atom is -0.497 e.